The van der Waals surface area contributed by atoms with Crippen LogP contribution in [0.1, 0.15) is 37.8 Å². The summed E-state index contributed by atoms with van der Waals surface area (Å²) in [5, 5.41) is 3.34. The predicted octanol–water partition coefficient (Wildman–Crippen LogP) is 2.96. The van der Waals surface area contributed by atoms with E-state index in [1.54, 1.807) is 0 Å². The van der Waals surface area contributed by atoms with Crippen LogP contribution in [0.2, 0.25) is 0 Å². The molecule has 1 atom stereocenters. The summed E-state index contributed by atoms with van der Waals surface area (Å²) in [5.74, 6) is 0. The van der Waals surface area contributed by atoms with E-state index in [9.17, 15) is 0 Å². The number of nitrogens with one attached hydrogen (secondary N) is 1. The molecule has 0 aromatic heterocycles. The molecule has 0 bridgehead atoms. The Balaban J connectivity index is 2.09. The van der Waals surface area contributed by atoms with Gasteiger partial charge in [0.1, 0.15) is 0 Å². The lowest BCUT2D eigenvalue weighted by Gasteiger charge is -2.19. The molecule has 1 aliphatic rings. The molecule has 0 aliphatic carbocycles. The summed E-state index contributed by atoms with van der Waals surface area (Å²) in [6.45, 7) is 4.67. The van der Waals surface area contributed by atoms with Crippen molar-refractivity contribution in [3.63, 3.8) is 0 Å². The molecule has 2 rings (SSSR count). The maximum atomic E-state index is 3.34. The van der Waals surface area contributed by atoms with E-state index >= 15 is 0 Å². The second kappa shape index (κ2) is 5.35. The smallest absolute Gasteiger partial charge is 0.0366 e. The van der Waals surface area contributed by atoms with Gasteiger partial charge in [-0.3, -0.25) is 0 Å². The summed E-state index contributed by atoms with van der Waals surface area (Å²) in [5.41, 5.74) is 2.78. The summed E-state index contributed by atoms with van der Waals surface area (Å²) < 4.78 is 0. The Labute approximate surface area is 98.7 Å². The maximum absolute atomic E-state index is 3.34. The van der Waals surface area contributed by atoms with Crippen molar-refractivity contribution in [3.05, 3.63) is 29.8 Å². The van der Waals surface area contributed by atoms with E-state index in [-0.39, 0.29) is 0 Å². The van der Waals surface area contributed by atoms with E-state index in [1.807, 2.05) is 7.05 Å². The second-order valence-corrected chi connectivity index (χ2v) is 4.54. The number of benzene rings is 1. The Bertz CT molecular complexity index is 287. The summed E-state index contributed by atoms with van der Waals surface area (Å²) in [6, 6.07) is 9.55. The van der Waals surface area contributed by atoms with Crippen molar-refractivity contribution < 1.29 is 0 Å². The van der Waals surface area contributed by atoms with Gasteiger partial charge in [-0.15, -0.1) is 0 Å². The van der Waals surface area contributed by atoms with Crippen molar-refractivity contribution in [1.29, 1.82) is 0 Å². The van der Waals surface area contributed by atoms with E-state index < -0.39 is 0 Å². The van der Waals surface area contributed by atoms with E-state index in [4.69, 9.17) is 0 Å². The van der Waals surface area contributed by atoms with E-state index in [1.165, 1.54) is 37.2 Å². The SMILES string of the molecule is CCC(NC)c1ccc(N2CCCC2)cc1. The minimum absolute atomic E-state index is 0.493. The topological polar surface area (TPSA) is 15.3 Å². The molecule has 1 heterocycles. The highest BCUT2D eigenvalue weighted by Gasteiger charge is 2.12. The molecule has 2 nitrogen and oxygen atoms in total. The zero-order valence-electron chi connectivity index (χ0n) is 10.4. The monoisotopic (exact) mass is 218 g/mol. The van der Waals surface area contributed by atoms with Crippen LogP contribution < -0.4 is 10.2 Å². The predicted molar refractivity (Wildman–Crippen MR) is 70.0 cm³/mol. The van der Waals surface area contributed by atoms with Gasteiger partial charge < -0.3 is 10.2 Å². The number of hydrogen-bond donors (Lipinski definition) is 1. The van der Waals surface area contributed by atoms with Crippen LogP contribution in [0.5, 0.6) is 0 Å². The Morgan fingerprint density at radius 3 is 2.31 bits per heavy atom. The fourth-order valence-electron chi connectivity index (χ4n) is 2.50. The van der Waals surface area contributed by atoms with Gasteiger partial charge in [0, 0.05) is 24.8 Å². The molecule has 1 N–H and O–H groups in total. The van der Waals surface area contributed by atoms with Crippen molar-refractivity contribution in [1.82, 2.24) is 5.32 Å². The van der Waals surface area contributed by atoms with Crippen LogP contribution in [0.15, 0.2) is 24.3 Å². The van der Waals surface area contributed by atoms with Crippen LogP contribution in [0.25, 0.3) is 0 Å². The van der Waals surface area contributed by atoms with Crippen molar-refractivity contribution in [2.24, 2.45) is 0 Å². The number of rotatable bonds is 4. The molecule has 88 valence electrons. The largest absolute Gasteiger partial charge is 0.372 e. The fourth-order valence-corrected chi connectivity index (χ4v) is 2.50. The number of nitrogens with zero attached hydrogens (tertiary/aromatic N) is 1. The van der Waals surface area contributed by atoms with Gasteiger partial charge in [-0.2, -0.15) is 0 Å². The quantitative estimate of drug-likeness (QED) is 0.836. The average Bonchev–Trinajstić information content (AvgIpc) is 2.85. The molecule has 1 aliphatic heterocycles. The average molecular weight is 218 g/mol. The molecule has 1 unspecified atom stereocenters. The third-order valence-corrected chi connectivity index (χ3v) is 3.52. The highest BCUT2D eigenvalue weighted by Crippen LogP contribution is 2.23. The summed E-state index contributed by atoms with van der Waals surface area (Å²) in [4.78, 5) is 2.48. The fraction of sp³-hybridized carbons (Fsp3) is 0.571. The first-order valence-electron chi connectivity index (χ1n) is 6.37. The van der Waals surface area contributed by atoms with Gasteiger partial charge in [-0.25, -0.2) is 0 Å². The van der Waals surface area contributed by atoms with E-state index in [2.05, 4.69) is 41.4 Å². The van der Waals surface area contributed by atoms with Crippen LogP contribution in [0.4, 0.5) is 5.69 Å². The molecule has 1 fully saturated rings. The molecule has 0 spiro atoms. The Kier molecular flexibility index (Phi) is 3.83. The maximum Gasteiger partial charge on any atom is 0.0366 e. The van der Waals surface area contributed by atoms with Gasteiger partial charge in [0.2, 0.25) is 0 Å². The molecule has 1 aromatic rings. The van der Waals surface area contributed by atoms with Gasteiger partial charge in [-0.1, -0.05) is 19.1 Å². The van der Waals surface area contributed by atoms with Crippen LogP contribution >= 0.6 is 0 Å². The van der Waals surface area contributed by atoms with Crippen molar-refractivity contribution in [2.75, 3.05) is 25.0 Å². The molecular formula is C14H22N2. The Morgan fingerprint density at radius 2 is 1.81 bits per heavy atom. The standard InChI is InChI=1S/C14H22N2/c1-3-14(15-2)12-6-8-13(9-7-12)16-10-4-5-11-16/h6-9,14-15H,3-5,10-11H2,1-2H3. The number of hydrogen-bond acceptors (Lipinski definition) is 2. The first-order valence-corrected chi connectivity index (χ1v) is 6.37. The zero-order valence-corrected chi connectivity index (χ0v) is 10.4. The van der Waals surface area contributed by atoms with Gasteiger partial charge in [-0.05, 0) is 44.0 Å². The summed E-state index contributed by atoms with van der Waals surface area (Å²) in [7, 11) is 2.03. The van der Waals surface area contributed by atoms with Crippen LogP contribution in [0.3, 0.4) is 0 Å². The molecule has 1 saturated heterocycles. The third kappa shape index (κ3) is 2.38. The first kappa shape index (κ1) is 11.5. The third-order valence-electron chi connectivity index (χ3n) is 3.52. The van der Waals surface area contributed by atoms with Gasteiger partial charge in [0.25, 0.3) is 0 Å². The Hall–Kier alpha value is -1.02. The first-order chi connectivity index (χ1) is 7.85. The minimum atomic E-state index is 0.493. The second-order valence-electron chi connectivity index (χ2n) is 4.54. The molecular weight excluding hydrogens is 196 g/mol. The van der Waals surface area contributed by atoms with Crippen LogP contribution in [-0.2, 0) is 0 Å². The summed E-state index contributed by atoms with van der Waals surface area (Å²) >= 11 is 0. The van der Waals surface area contributed by atoms with Crippen molar-refractivity contribution in [3.8, 4) is 0 Å². The minimum Gasteiger partial charge on any atom is -0.372 e. The molecule has 0 amide bonds. The lowest BCUT2D eigenvalue weighted by atomic mass is 10.0. The molecule has 1 aromatic carbocycles. The normalized spacial score (nSPS) is 17.8. The van der Waals surface area contributed by atoms with Crippen LogP contribution in [0, 0.1) is 0 Å². The van der Waals surface area contributed by atoms with E-state index in [0.717, 1.165) is 6.42 Å². The zero-order chi connectivity index (χ0) is 11.4. The molecule has 0 radical (unpaired) electrons. The van der Waals surface area contributed by atoms with Gasteiger partial charge in [0.15, 0.2) is 0 Å². The lowest BCUT2D eigenvalue weighted by molar-refractivity contribution is 0.577. The van der Waals surface area contributed by atoms with E-state index in [0.29, 0.717) is 6.04 Å². The summed E-state index contributed by atoms with van der Waals surface area (Å²) in [6.07, 6.45) is 3.82. The van der Waals surface area contributed by atoms with Crippen LogP contribution in [-0.4, -0.2) is 20.1 Å². The number of anilines is 1. The van der Waals surface area contributed by atoms with Gasteiger partial charge in [0.05, 0.1) is 0 Å². The highest BCUT2D eigenvalue weighted by atomic mass is 15.1. The molecule has 0 saturated carbocycles. The lowest BCUT2D eigenvalue weighted by Crippen LogP contribution is -2.18. The molecule has 16 heavy (non-hydrogen) atoms. The Morgan fingerprint density at radius 1 is 1.19 bits per heavy atom. The van der Waals surface area contributed by atoms with Gasteiger partial charge >= 0.3 is 0 Å². The van der Waals surface area contributed by atoms with Crippen molar-refractivity contribution >= 4 is 5.69 Å². The highest BCUT2D eigenvalue weighted by molar-refractivity contribution is 5.48. The molecule has 2 heteroatoms. The van der Waals surface area contributed by atoms with Crippen molar-refractivity contribution in [2.45, 2.75) is 32.2 Å².